The molecule has 0 saturated heterocycles. The topological polar surface area (TPSA) is 86.8 Å². The van der Waals surface area contributed by atoms with Crippen LogP contribution in [0.25, 0.3) is 0 Å². The first kappa shape index (κ1) is 29.9. The fraction of sp³-hybridized carbons (Fsp3) is 0.286. The van der Waals surface area contributed by atoms with Gasteiger partial charge in [0.05, 0.1) is 10.6 Å². The maximum absolute atomic E-state index is 13.8. The lowest BCUT2D eigenvalue weighted by atomic mass is 10.1. The summed E-state index contributed by atoms with van der Waals surface area (Å²) in [4.78, 5) is 28.3. The predicted molar refractivity (Wildman–Crippen MR) is 157 cm³/mol. The molecule has 0 fully saturated rings. The van der Waals surface area contributed by atoms with Crippen molar-refractivity contribution in [3.63, 3.8) is 0 Å². The lowest BCUT2D eigenvalue weighted by Gasteiger charge is -2.32. The number of unbranched alkanes of at least 4 members (excludes halogenated alkanes) is 1. The molecule has 2 amide bonds. The summed E-state index contributed by atoms with van der Waals surface area (Å²) in [6, 6.07) is 21.3. The average Bonchev–Trinajstić information content (AvgIpc) is 2.92. The van der Waals surface area contributed by atoms with Crippen molar-refractivity contribution in [1.82, 2.24) is 10.2 Å². The van der Waals surface area contributed by atoms with E-state index in [0.29, 0.717) is 12.2 Å². The molecule has 0 unspecified atom stereocenters. The smallest absolute Gasteiger partial charge is 0.264 e. The highest BCUT2D eigenvalue weighted by molar-refractivity contribution is 9.10. The van der Waals surface area contributed by atoms with E-state index < -0.39 is 28.5 Å². The summed E-state index contributed by atoms with van der Waals surface area (Å²) >= 11 is 6.79. The summed E-state index contributed by atoms with van der Waals surface area (Å²) in [5.74, 6) is -0.779. The van der Waals surface area contributed by atoms with Crippen molar-refractivity contribution >= 4 is 59.4 Å². The Morgan fingerprint density at radius 2 is 1.47 bits per heavy atom. The number of sulfonamides is 1. The van der Waals surface area contributed by atoms with Gasteiger partial charge >= 0.3 is 0 Å². The summed E-state index contributed by atoms with van der Waals surface area (Å²) in [6.45, 7) is 3.87. The maximum Gasteiger partial charge on any atom is 0.264 e. The van der Waals surface area contributed by atoms with E-state index in [1.54, 1.807) is 49.4 Å². The Kier molecular flexibility index (Phi) is 10.9. The van der Waals surface area contributed by atoms with Gasteiger partial charge in [-0.05, 0) is 67.4 Å². The second-order valence-corrected chi connectivity index (χ2v) is 12.5. The molecule has 3 aromatic carbocycles. The van der Waals surface area contributed by atoms with Crippen LogP contribution in [-0.2, 0) is 26.2 Å². The number of hydrogen-bond acceptors (Lipinski definition) is 4. The van der Waals surface area contributed by atoms with Crippen LogP contribution in [0.3, 0.4) is 0 Å². The molecule has 202 valence electrons. The van der Waals surface area contributed by atoms with Crippen molar-refractivity contribution in [2.24, 2.45) is 0 Å². The summed E-state index contributed by atoms with van der Waals surface area (Å²) in [5.41, 5.74) is 1.16. The fourth-order valence-corrected chi connectivity index (χ4v) is 5.72. The summed E-state index contributed by atoms with van der Waals surface area (Å²) in [7, 11) is -4.07. The van der Waals surface area contributed by atoms with E-state index in [1.165, 1.54) is 17.0 Å². The first-order valence-corrected chi connectivity index (χ1v) is 15.3. The molecule has 3 rings (SSSR count). The number of nitrogens with one attached hydrogen (secondary N) is 1. The quantitative estimate of drug-likeness (QED) is 0.250. The molecule has 0 aliphatic heterocycles. The lowest BCUT2D eigenvalue weighted by Crippen LogP contribution is -2.51. The highest BCUT2D eigenvalue weighted by Gasteiger charge is 2.32. The minimum atomic E-state index is -4.07. The maximum atomic E-state index is 13.8. The standard InChI is InChI=1S/C28H31Br2N3O4S/c1-3-4-18-31-28(35)21(2)32(19-22-10-12-23(29)13-11-22)27(34)20-33(25-16-14-24(30)15-17-25)38(36,37)26-8-6-5-7-9-26/h5-17,21H,3-4,18-20H2,1-2H3,(H,31,35)/t21-/m0/s1. The monoisotopic (exact) mass is 663 g/mol. The van der Waals surface area contributed by atoms with Gasteiger partial charge in [0.25, 0.3) is 10.0 Å². The second kappa shape index (κ2) is 13.9. The Labute approximate surface area is 241 Å². The molecule has 0 aromatic heterocycles. The molecule has 0 aliphatic rings. The second-order valence-electron chi connectivity index (χ2n) is 8.77. The van der Waals surface area contributed by atoms with E-state index in [1.807, 2.05) is 31.2 Å². The Bertz CT molecular complexity index is 1320. The van der Waals surface area contributed by atoms with Gasteiger partial charge in [-0.15, -0.1) is 0 Å². The zero-order chi connectivity index (χ0) is 27.7. The van der Waals surface area contributed by atoms with Crippen LogP contribution in [0, 0.1) is 0 Å². The van der Waals surface area contributed by atoms with Crippen molar-refractivity contribution in [2.75, 3.05) is 17.4 Å². The minimum absolute atomic E-state index is 0.0699. The zero-order valence-electron chi connectivity index (χ0n) is 21.3. The van der Waals surface area contributed by atoms with Crippen molar-refractivity contribution < 1.29 is 18.0 Å². The number of benzene rings is 3. The minimum Gasteiger partial charge on any atom is -0.354 e. The van der Waals surface area contributed by atoms with E-state index >= 15 is 0 Å². The van der Waals surface area contributed by atoms with Crippen LogP contribution >= 0.6 is 31.9 Å². The highest BCUT2D eigenvalue weighted by Crippen LogP contribution is 2.26. The Balaban J connectivity index is 1.97. The molecule has 0 radical (unpaired) electrons. The van der Waals surface area contributed by atoms with Crippen LogP contribution in [-0.4, -0.2) is 44.3 Å². The molecule has 0 saturated carbocycles. The highest BCUT2D eigenvalue weighted by atomic mass is 79.9. The SMILES string of the molecule is CCCCNC(=O)[C@H](C)N(Cc1ccc(Br)cc1)C(=O)CN(c1ccc(Br)cc1)S(=O)(=O)c1ccccc1. The molecule has 0 bridgehead atoms. The molecule has 3 aromatic rings. The largest absolute Gasteiger partial charge is 0.354 e. The number of amides is 2. The number of carbonyl (C=O) groups is 2. The number of carbonyl (C=O) groups excluding carboxylic acids is 2. The van der Waals surface area contributed by atoms with Crippen LogP contribution in [0.5, 0.6) is 0 Å². The molecular weight excluding hydrogens is 634 g/mol. The van der Waals surface area contributed by atoms with Crippen LogP contribution < -0.4 is 9.62 Å². The third kappa shape index (κ3) is 7.91. The van der Waals surface area contributed by atoms with E-state index in [0.717, 1.165) is 31.7 Å². The van der Waals surface area contributed by atoms with Gasteiger partial charge in [-0.2, -0.15) is 0 Å². The number of hydrogen-bond donors (Lipinski definition) is 1. The van der Waals surface area contributed by atoms with Gasteiger partial charge in [-0.25, -0.2) is 8.42 Å². The summed E-state index contributed by atoms with van der Waals surface area (Å²) < 4.78 is 30.2. The van der Waals surface area contributed by atoms with Crippen molar-refractivity contribution in [3.05, 3.63) is 93.4 Å². The summed E-state index contributed by atoms with van der Waals surface area (Å²) in [6.07, 6.45) is 1.75. The third-order valence-corrected chi connectivity index (χ3v) is 8.83. The zero-order valence-corrected chi connectivity index (χ0v) is 25.3. The Hall–Kier alpha value is -2.69. The lowest BCUT2D eigenvalue weighted by molar-refractivity contribution is -0.139. The van der Waals surface area contributed by atoms with Gasteiger partial charge in [0.2, 0.25) is 11.8 Å². The fourth-order valence-electron chi connectivity index (χ4n) is 3.76. The average molecular weight is 665 g/mol. The van der Waals surface area contributed by atoms with E-state index in [2.05, 4.69) is 37.2 Å². The van der Waals surface area contributed by atoms with Crippen molar-refractivity contribution in [2.45, 2.75) is 44.2 Å². The first-order valence-electron chi connectivity index (χ1n) is 12.3. The Morgan fingerprint density at radius 1 is 0.895 bits per heavy atom. The molecule has 7 nitrogen and oxygen atoms in total. The van der Waals surface area contributed by atoms with Gasteiger partial charge in [-0.3, -0.25) is 13.9 Å². The molecule has 38 heavy (non-hydrogen) atoms. The molecule has 10 heteroatoms. The number of nitrogens with zero attached hydrogens (tertiary/aromatic N) is 2. The molecule has 0 aliphatic carbocycles. The van der Waals surface area contributed by atoms with E-state index in [-0.39, 0.29) is 17.3 Å². The molecule has 0 heterocycles. The predicted octanol–water partition coefficient (Wildman–Crippen LogP) is 5.74. The molecular formula is C28H31Br2N3O4S. The van der Waals surface area contributed by atoms with Crippen molar-refractivity contribution in [1.29, 1.82) is 0 Å². The summed E-state index contributed by atoms with van der Waals surface area (Å²) in [5, 5.41) is 2.88. The third-order valence-electron chi connectivity index (χ3n) is 5.99. The number of rotatable bonds is 12. The van der Waals surface area contributed by atoms with Crippen LogP contribution in [0.1, 0.15) is 32.3 Å². The van der Waals surface area contributed by atoms with Crippen LogP contribution in [0.4, 0.5) is 5.69 Å². The van der Waals surface area contributed by atoms with Gasteiger partial charge < -0.3 is 10.2 Å². The number of anilines is 1. The van der Waals surface area contributed by atoms with Gasteiger partial charge in [0, 0.05) is 22.0 Å². The van der Waals surface area contributed by atoms with E-state index in [9.17, 15) is 18.0 Å². The van der Waals surface area contributed by atoms with Gasteiger partial charge in [-0.1, -0.05) is 75.5 Å². The molecule has 1 N–H and O–H groups in total. The van der Waals surface area contributed by atoms with Crippen LogP contribution in [0.2, 0.25) is 0 Å². The normalized spacial score (nSPS) is 12.0. The molecule has 1 atom stereocenters. The Morgan fingerprint density at radius 3 is 2.05 bits per heavy atom. The van der Waals surface area contributed by atoms with Crippen molar-refractivity contribution in [3.8, 4) is 0 Å². The molecule has 0 spiro atoms. The number of halogens is 2. The first-order chi connectivity index (χ1) is 18.1. The van der Waals surface area contributed by atoms with Crippen LogP contribution in [0.15, 0.2) is 92.7 Å². The van der Waals surface area contributed by atoms with E-state index in [4.69, 9.17) is 0 Å². The van der Waals surface area contributed by atoms with Gasteiger partial charge in [0.1, 0.15) is 12.6 Å². The van der Waals surface area contributed by atoms with Gasteiger partial charge in [0.15, 0.2) is 0 Å².